The topological polar surface area (TPSA) is 50.2 Å². The quantitative estimate of drug-likeness (QED) is 0.407. The second-order valence-electron chi connectivity index (χ2n) is 8.25. The first-order valence-corrected chi connectivity index (χ1v) is 11.2. The maximum Gasteiger partial charge on any atom is 0.137 e. The number of Topliss-reactive ketones (excluding diaryl/α,β-unsaturated/α-hetero) is 1. The van der Waals surface area contributed by atoms with E-state index in [2.05, 4.69) is 20.9 Å². The Labute approximate surface area is 194 Å². The van der Waals surface area contributed by atoms with E-state index in [0.29, 0.717) is 11.3 Å². The Hall–Kier alpha value is -2.86. The van der Waals surface area contributed by atoms with E-state index < -0.39 is 11.6 Å². The zero-order chi connectivity index (χ0) is 22.8. The molecule has 3 aromatic rings. The van der Waals surface area contributed by atoms with Crippen LogP contribution in [-0.2, 0) is 17.6 Å². The van der Waals surface area contributed by atoms with E-state index in [9.17, 15) is 18.7 Å². The van der Waals surface area contributed by atoms with Gasteiger partial charge in [0.25, 0.3) is 0 Å². The Kier molecular flexibility index (Phi) is 6.51. The SMILES string of the molecule is Cc1cnc([C@@H](CC(=O)CC2=CCc3ccc(O)cc32)Cc2cc(F)cc(F)c2)c(Br)c1. The number of ketones is 1. The average Bonchev–Trinajstić information content (AvgIpc) is 3.08. The second kappa shape index (κ2) is 9.33. The zero-order valence-electron chi connectivity index (χ0n) is 17.5. The fourth-order valence-electron chi connectivity index (χ4n) is 4.23. The van der Waals surface area contributed by atoms with E-state index in [-0.39, 0.29) is 36.7 Å². The van der Waals surface area contributed by atoms with Crippen LogP contribution >= 0.6 is 15.9 Å². The van der Waals surface area contributed by atoms with Crippen LogP contribution in [0.4, 0.5) is 8.78 Å². The summed E-state index contributed by atoms with van der Waals surface area (Å²) >= 11 is 3.54. The van der Waals surface area contributed by atoms with Gasteiger partial charge in [0.15, 0.2) is 0 Å². The number of benzene rings is 2. The Balaban J connectivity index is 1.58. The van der Waals surface area contributed by atoms with Crippen LogP contribution < -0.4 is 0 Å². The van der Waals surface area contributed by atoms with E-state index in [4.69, 9.17) is 0 Å². The highest BCUT2D eigenvalue weighted by Crippen LogP contribution is 2.35. The van der Waals surface area contributed by atoms with E-state index in [1.165, 1.54) is 12.1 Å². The third-order valence-electron chi connectivity index (χ3n) is 5.67. The van der Waals surface area contributed by atoms with Crippen molar-refractivity contribution in [2.75, 3.05) is 0 Å². The number of hydrogen-bond acceptors (Lipinski definition) is 3. The van der Waals surface area contributed by atoms with Gasteiger partial charge in [-0.2, -0.15) is 0 Å². The molecule has 0 saturated heterocycles. The van der Waals surface area contributed by atoms with Crippen LogP contribution in [0.15, 0.2) is 59.2 Å². The number of phenols is 1. The molecule has 164 valence electrons. The van der Waals surface area contributed by atoms with Gasteiger partial charge in [-0.1, -0.05) is 12.1 Å². The number of pyridine rings is 1. The summed E-state index contributed by atoms with van der Waals surface area (Å²) in [5.41, 5.74) is 5.01. The molecule has 4 rings (SSSR count). The molecule has 1 aromatic heterocycles. The van der Waals surface area contributed by atoms with Crippen LogP contribution in [0.2, 0.25) is 0 Å². The summed E-state index contributed by atoms with van der Waals surface area (Å²) in [4.78, 5) is 17.6. The van der Waals surface area contributed by atoms with Crippen molar-refractivity contribution in [3.8, 4) is 5.75 Å². The number of phenolic OH excluding ortho intramolecular Hbond substituents is 1. The highest BCUT2D eigenvalue weighted by Gasteiger charge is 2.24. The van der Waals surface area contributed by atoms with E-state index in [0.717, 1.165) is 39.2 Å². The maximum absolute atomic E-state index is 13.8. The first kappa shape index (κ1) is 22.3. The van der Waals surface area contributed by atoms with Crippen LogP contribution in [0.1, 0.15) is 46.7 Å². The van der Waals surface area contributed by atoms with Gasteiger partial charge in [-0.3, -0.25) is 9.78 Å². The number of hydrogen-bond donors (Lipinski definition) is 1. The van der Waals surface area contributed by atoms with Gasteiger partial charge in [-0.25, -0.2) is 8.78 Å². The number of rotatable bonds is 7. The monoisotopic (exact) mass is 497 g/mol. The fourth-order valence-corrected chi connectivity index (χ4v) is 5.02. The molecule has 0 saturated carbocycles. The van der Waals surface area contributed by atoms with Gasteiger partial charge < -0.3 is 5.11 Å². The number of halogens is 3. The molecule has 0 radical (unpaired) electrons. The Bertz CT molecular complexity index is 1200. The largest absolute Gasteiger partial charge is 0.508 e. The molecule has 2 aromatic carbocycles. The number of aromatic hydroxyl groups is 1. The zero-order valence-corrected chi connectivity index (χ0v) is 19.1. The lowest BCUT2D eigenvalue weighted by Crippen LogP contribution is -2.13. The summed E-state index contributed by atoms with van der Waals surface area (Å²) in [6, 6.07) is 10.5. The van der Waals surface area contributed by atoms with Crippen LogP contribution in [0.3, 0.4) is 0 Å². The van der Waals surface area contributed by atoms with Crippen LogP contribution in [0, 0.1) is 18.6 Å². The standard InChI is InChI=1S/C26H22BrF2NO2/c1-15-6-25(27)26(30-14-15)19(7-16-8-20(28)12-21(29)9-16)11-23(32)10-18-3-2-17-4-5-22(31)13-24(17)18/h3-6,8-9,12-14,19,31H,2,7,10-11H2,1H3/t19-/m1/s1. The number of nitrogens with zero attached hydrogens (tertiary/aromatic N) is 1. The highest BCUT2D eigenvalue weighted by atomic mass is 79.9. The Morgan fingerprint density at radius 3 is 2.62 bits per heavy atom. The molecular formula is C26H22BrF2NO2. The van der Waals surface area contributed by atoms with Crippen molar-refractivity contribution in [1.29, 1.82) is 0 Å². The van der Waals surface area contributed by atoms with Gasteiger partial charge in [-0.05, 0) is 93.9 Å². The predicted molar refractivity (Wildman–Crippen MR) is 124 cm³/mol. The minimum Gasteiger partial charge on any atom is -0.508 e. The summed E-state index contributed by atoms with van der Waals surface area (Å²) in [6.07, 6.45) is 5.16. The summed E-state index contributed by atoms with van der Waals surface area (Å²) in [6.45, 7) is 1.92. The summed E-state index contributed by atoms with van der Waals surface area (Å²) in [7, 11) is 0. The molecule has 6 heteroatoms. The normalized spacial score (nSPS) is 13.6. The van der Waals surface area contributed by atoms with E-state index >= 15 is 0 Å². The van der Waals surface area contributed by atoms with Crippen molar-refractivity contribution >= 4 is 27.3 Å². The van der Waals surface area contributed by atoms with Crippen LogP contribution in [-0.4, -0.2) is 15.9 Å². The molecule has 32 heavy (non-hydrogen) atoms. The van der Waals surface area contributed by atoms with Crippen molar-refractivity contribution in [1.82, 2.24) is 4.98 Å². The van der Waals surface area contributed by atoms with Gasteiger partial charge in [0.2, 0.25) is 0 Å². The lowest BCUT2D eigenvalue weighted by molar-refractivity contribution is -0.118. The van der Waals surface area contributed by atoms with Crippen LogP contribution in [0.5, 0.6) is 5.75 Å². The summed E-state index contributed by atoms with van der Waals surface area (Å²) in [5, 5.41) is 9.82. The molecule has 3 nitrogen and oxygen atoms in total. The van der Waals surface area contributed by atoms with Crippen molar-refractivity contribution in [3.05, 3.63) is 98.8 Å². The molecule has 1 aliphatic carbocycles. The third kappa shape index (κ3) is 5.13. The Morgan fingerprint density at radius 2 is 1.91 bits per heavy atom. The van der Waals surface area contributed by atoms with Crippen molar-refractivity contribution in [2.24, 2.45) is 0 Å². The summed E-state index contributed by atoms with van der Waals surface area (Å²) in [5.74, 6) is -1.46. The smallest absolute Gasteiger partial charge is 0.137 e. The number of allylic oxidation sites excluding steroid dienone is 2. The molecule has 1 N–H and O–H groups in total. The van der Waals surface area contributed by atoms with Crippen molar-refractivity contribution < 1.29 is 18.7 Å². The first-order valence-electron chi connectivity index (χ1n) is 10.4. The molecule has 0 aliphatic heterocycles. The molecule has 0 fully saturated rings. The van der Waals surface area contributed by atoms with Gasteiger partial charge in [-0.15, -0.1) is 0 Å². The number of carbonyl (C=O) groups excluding carboxylic acids is 1. The number of aryl methyl sites for hydroxylation is 1. The molecule has 0 bridgehead atoms. The van der Waals surface area contributed by atoms with Gasteiger partial charge >= 0.3 is 0 Å². The molecule has 1 heterocycles. The minimum absolute atomic E-state index is 0.00333. The van der Waals surface area contributed by atoms with Crippen LogP contribution in [0.25, 0.3) is 5.57 Å². The predicted octanol–water partition coefficient (Wildman–Crippen LogP) is 6.45. The molecule has 0 unspecified atom stereocenters. The average molecular weight is 498 g/mol. The van der Waals surface area contributed by atoms with Gasteiger partial charge in [0.1, 0.15) is 23.2 Å². The molecule has 1 atom stereocenters. The summed E-state index contributed by atoms with van der Waals surface area (Å²) < 4.78 is 28.3. The number of carbonyl (C=O) groups is 1. The van der Waals surface area contributed by atoms with E-state index in [1.807, 2.05) is 25.1 Å². The highest BCUT2D eigenvalue weighted by molar-refractivity contribution is 9.10. The second-order valence-corrected chi connectivity index (χ2v) is 9.11. The fraction of sp³-hybridized carbons (Fsp3) is 0.231. The first-order chi connectivity index (χ1) is 15.3. The molecular weight excluding hydrogens is 476 g/mol. The molecule has 1 aliphatic rings. The lowest BCUT2D eigenvalue weighted by atomic mass is 9.88. The maximum atomic E-state index is 13.8. The third-order valence-corrected chi connectivity index (χ3v) is 6.30. The lowest BCUT2D eigenvalue weighted by Gasteiger charge is -2.18. The van der Waals surface area contributed by atoms with Gasteiger partial charge in [0.05, 0.1) is 5.69 Å². The number of aromatic nitrogens is 1. The number of fused-ring (bicyclic) bond motifs is 1. The van der Waals surface area contributed by atoms with Gasteiger partial charge in [0, 0.05) is 35.5 Å². The molecule has 0 spiro atoms. The minimum atomic E-state index is -0.645. The van der Waals surface area contributed by atoms with Crippen molar-refractivity contribution in [2.45, 2.75) is 38.5 Å². The van der Waals surface area contributed by atoms with E-state index in [1.54, 1.807) is 18.3 Å². The van der Waals surface area contributed by atoms with Crippen molar-refractivity contribution in [3.63, 3.8) is 0 Å². The molecule has 0 amide bonds. The Morgan fingerprint density at radius 1 is 1.16 bits per heavy atom.